The van der Waals surface area contributed by atoms with Crippen molar-refractivity contribution in [2.24, 2.45) is 0 Å². The summed E-state index contributed by atoms with van der Waals surface area (Å²) in [6, 6.07) is 5.02. The van der Waals surface area contributed by atoms with Crippen LogP contribution in [0.5, 0.6) is 0 Å². The van der Waals surface area contributed by atoms with E-state index >= 15 is 0 Å². The van der Waals surface area contributed by atoms with Crippen LogP contribution in [-0.2, 0) is 11.3 Å². The molecule has 2 heterocycles. The quantitative estimate of drug-likeness (QED) is 0.659. The van der Waals surface area contributed by atoms with Crippen LogP contribution in [-0.4, -0.2) is 26.4 Å². The van der Waals surface area contributed by atoms with Crippen molar-refractivity contribution in [3.63, 3.8) is 0 Å². The molecule has 0 aliphatic carbocycles. The van der Waals surface area contributed by atoms with Gasteiger partial charge in [0.05, 0.1) is 17.6 Å². The highest BCUT2D eigenvalue weighted by Crippen LogP contribution is 2.27. The summed E-state index contributed by atoms with van der Waals surface area (Å²) in [6.07, 6.45) is 1.58. The zero-order valence-electron chi connectivity index (χ0n) is 14.1. The number of anilines is 1. The van der Waals surface area contributed by atoms with E-state index in [1.807, 2.05) is 24.5 Å². The Hall–Kier alpha value is -2.68. The first-order valence-electron chi connectivity index (χ1n) is 7.85. The number of benzene rings is 1. The van der Waals surface area contributed by atoms with Gasteiger partial charge >= 0.3 is 0 Å². The molecule has 0 saturated carbocycles. The summed E-state index contributed by atoms with van der Waals surface area (Å²) in [5, 5.41) is 11.4. The zero-order chi connectivity index (χ0) is 18.7. The third kappa shape index (κ3) is 3.77. The summed E-state index contributed by atoms with van der Waals surface area (Å²) >= 11 is 1.21. The van der Waals surface area contributed by atoms with Gasteiger partial charge in [-0.25, -0.2) is 8.78 Å². The van der Waals surface area contributed by atoms with E-state index < -0.39 is 11.6 Å². The number of hydrogen-bond donors (Lipinski definition) is 1. The van der Waals surface area contributed by atoms with Crippen LogP contribution in [0.15, 0.2) is 40.1 Å². The van der Waals surface area contributed by atoms with Gasteiger partial charge in [0.15, 0.2) is 22.6 Å². The number of thioether (sulfide) groups is 1. The number of rotatable bonds is 6. The minimum Gasteiger partial charge on any atom is -0.469 e. The van der Waals surface area contributed by atoms with E-state index in [4.69, 9.17) is 4.42 Å². The van der Waals surface area contributed by atoms with Gasteiger partial charge in [0.1, 0.15) is 5.76 Å². The Morgan fingerprint density at radius 2 is 2.08 bits per heavy atom. The van der Waals surface area contributed by atoms with Gasteiger partial charge in [-0.2, -0.15) is 0 Å². The molecule has 0 spiro atoms. The second-order valence-corrected chi connectivity index (χ2v) is 6.35. The van der Waals surface area contributed by atoms with Crippen LogP contribution in [0, 0.1) is 18.6 Å². The van der Waals surface area contributed by atoms with E-state index in [1.165, 1.54) is 17.8 Å². The van der Waals surface area contributed by atoms with Gasteiger partial charge in [0.2, 0.25) is 5.91 Å². The van der Waals surface area contributed by atoms with Gasteiger partial charge in [-0.05, 0) is 32.0 Å². The summed E-state index contributed by atoms with van der Waals surface area (Å²) in [5.74, 6) is -0.868. The van der Waals surface area contributed by atoms with E-state index in [0.29, 0.717) is 17.5 Å². The minimum absolute atomic E-state index is 0.0570. The predicted octanol–water partition coefficient (Wildman–Crippen LogP) is 3.88. The molecule has 136 valence electrons. The lowest BCUT2D eigenvalue weighted by Crippen LogP contribution is -2.15. The molecule has 9 heteroatoms. The highest BCUT2D eigenvalue weighted by atomic mass is 32.2. The molecular weight excluding hydrogens is 362 g/mol. The molecule has 0 aliphatic heterocycles. The van der Waals surface area contributed by atoms with Crippen LogP contribution in [0.2, 0.25) is 0 Å². The number of halogens is 2. The van der Waals surface area contributed by atoms with Crippen molar-refractivity contribution in [1.29, 1.82) is 0 Å². The van der Waals surface area contributed by atoms with Gasteiger partial charge in [-0.1, -0.05) is 11.8 Å². The van der Waals surface area contributed by atoms with Crippen molar-refractivity contribution >= 4 is 23.4 Å². The number of carbonyl (C=O) groups is 1. The second kappa shape index (κ2) is 7.69. The van der Waals surface area contributed by atoms with Crippen molar-refractivity contribution < 1.29 is 18.0 Å². The SMILES string of the molecule is CCn1c(SCC(=O)Nc2ccc(F)c(F)c2)nnc1-c1ccoc1C. The fourth-order valence-electron chi connectivity index (χ4n) is 2.40. The summed E-state index contributed by atoms with van der Waals surface area (Å²) in [4.78, 5) is 12.1. The van der Waals surface area contributed by atoms with E-state index in [9.17, 15) is 13.6 Å². The predicted molar refractivity (Wildman–Crippen MR) is 93.8 cm³/mol. The summed E-state index contributed by atoms with van der Waals surface area (Å²) < 4.78 is 33.3. The lowest BCUT2D eigenvalue weighted by molar-refractivity contribution is -0.113. The van der Waals surface area contributed by atoms with Crippen molar-refractivity contribution in [1.82, 2.24) is 14.8 Å². The average molecular weight is 378 g/mol. The molecule has 1 aromatic carbocycles. The largest absolute Gasteiger partial charge is 0.469 e. The van der Waals surface area contributed by atoms with Crippen LogP contribution >= 0.6 is 11.8 Å². The van der Waals surface area contributed by atoms with Crippen LogP contribution < -0.4 is 5.32 Å². The third-order valence-corrected chi connectivity index (χ3v) is 4.64. The molecule has 3 aromatic rings. The molecule has 0 atom stereocenters. The summed E-state index contributed by atoms with van der Waals surface area (Å²) in [5.41, 5.74) is 1.04. The molecule has 1 N–H and O–H groups in total. The topological polar surface area (TPSA) is 73.0 Å². The number of carbonyl (C=O) groups excluding carboxylic acids is 1. The Morgan fingerprint density at radius 3 is 2.73 bits per heavy atom. The third-order valence-electron chi connectivity index (χ3n) is 3.67. The average Bonchev–Trinajstić information content (AvgIpc) is 3.21. The fraction of sp³-hybridized carbons (Fsp3) is 0.235. The van der Waals surface area contributed by atoms with E-state index in [0.717, 1.165) is 23.5 Å². The minimum atomic E-state index is -1.01. The van der Waals surface area contributed by atoms with Gasteiger partial charge < -0.3 is 14.3 Å². The first kappa shape index (κ1) is 18.1. The highest BCUT2D eigenvalue weighted by Gasteiger charge is 2.17. The Morgan fingerprint density at radius 1 is 1.27 bits per heavy atom. The van der Waals surface area contributed by atoms with Crippen molar-refractivity contribution in [2.75, 3.05) is 11.1 Å². The summed E-state index contributed by atoms with van der Waals surface area (Å²) in [7, 11) is 0. The zero-order valence-corrected chi connectivity index (χ0v) is 14.9. The molecule has 0 unspecified atom stereocenters. The highest BCUT2D eigenvalue weighted by molar-refractivity contribution is 7.99. The molecule has 0 bridgehead atoms. The first-order chi connectivity index (χ1) is 12.5. The van der Waals surface area contributed by atoms with Crippen molar-refractivity contribution in [3.05, 3.63) is 47.9 Å². The monoisotopic (exact) mass is 378 g/mol. The Bertz CT molecular complexity index is 939. The molecule has 2 aromatic heterocycles. The maximum atomic E-state index is 13.2. The smallest absolute Gasteiger partial charge is 0.234 e. The standard InChI is InChI=1S/C17H16F2N4O2S/c1-3-23-16(12-6-7-25-10(12)2)21-22-17(23)26-9-15(24)20-11-4-5-13(18)14(19)8-11/h4-8H,3,9H2,1-2H3,(H,20,24). The second-order valence-electron chi connectivity index (χ2n) is 5.41. The number of hydrogen-bond acceptors (Lipinski definition) is 5. The van der Waals surface area contributed by atoms with Gasteiger partial charge in [0.25, 0.3) is 0 Å². The molecule has 3 rings (SSSR count). The van der Waals surface area contributed by atoms with Crippen molar-refractivity contribution in [3.8, 4) is 11.4 Å². The number of nitrogens with zero attached hydrogens (tertiary/aromatic N) is 3. The maximum Gasteiger partial charge on any atom is 0.234 e. The number of furan rings is 1. The fourth-order valence-corrected chi connectivity index (χ4v) is 3.20. The lowest BCUT2D eigenvalue weighted by Gasteiger charge is -2.07. The molecule has 0 saturated heterocycles. The molecule has 6 nitrogen and oxygen atoms in total. The summed E-state index contributed by atoms with van der Waals surface area (Å²) in [6.45, 7) is 4.42. The number of nitrogens with one attached hydrogen (secondary N) is 1. The van der Waals surface area contributed by atoms with Crippen LogP contribution in [0.3, 0.4) is 0 Å². The number of amides is 1. The number of aromatic nitrogens is 3. The van der Waals surface area contributed by atoms with Crippen molar-refractivity contribution in [2.45, 2.75) is 25.5 Å². The number of aryl methyl sites for hydroxylation is 1. The molecule has 0 fully saturated rings. The molecule has 0 aliphatic rings. The van der Waals surface area contributed by atoms with E-state index in [2.05, 4.69) is 15.5 Å². The molecule has 26 heavy (non-hydrogen) atoms. The Kier molecular flexibility index (Phi) is 5.36. The molecule has 1 amide bonds. The normalized spacial score (nSPS) is 10.9. The van der Waals surface area contributed by atoms with Gasteiger partial charge in [-0.3, -0.25) is 4.79 Å². The molecular formula is C17H16F2N4O2S. The Labute approximate surface area is 152 Å². The van der Waals surface area contributed by atoms with Crippen LogP contribution in [0.1, 0.15) is 12.7 Å². The van der Waals surface area contributed by atoms with E-state index in [1.54, 1.807) is 6.26 Å². The maximum absolute atomic E-state index is 13.2. The lowest BCUT2D eigenvalue weighted by atomic mass is 10.2. The van der Waals surface area contributed by atoms with Crippen LogP contribution in [0.4, 0.5) is 14.5 Å². The van der Waals surface area contributed by atoms with Crippen LogP contribution in [0.25, 0.3) is 11.4 Å². The first-order valence-corrected chi connectivity index (χ1v) is 8.83. The molecule has 0 radical (unpaired) electrons. The van der Waals surface area contributed by atoms with Gasteiger partial charge in [-0.15, -0.1) is 10.2 Å². The van der Waals surface area contributed by atoms with Gasteiger partial charge in [0, 0.05) is 18.3 Å². The van der Waals surface area contributed by atoms with E-state index in [-0.39, 0.29) is 17.3 Å². The Balaban J connectivity index is 1.68.